The van der Waals surface area contributed by atoms with Gasteiger partial charge in [0.05, 0.1) is 39.8 Å². The molecule has 0 saturated heterocycles. The first-order valence-corrected chi connectivity index (χ1v) is 12.3. The fraction of sp³-hybridized carbons (Fsp3) is 0.318. The zero-order chi connectivity index (χ0) is 25.4. The Morgan fingerprint density at radius 1 is 1.29 bits per heavy atom. The topological polar surface area (TPSA) is 91.9 Å². The molecule has 0 aliphatic carbocycles. The minimum atomic E-state index is -4.62. The van der Waals surface area contributed by atoms with Crippen LogP contribution in [0.5, 0.6) is 5.75 Å². The van der Waals surface area contributed by atoms with Crippen molar-refractivity contribution in [1.82, 2.24) is 15.2 Å². The largest absolute Gasteiger partial charge is 0.491 e. The second-order valence-corrected chi connectivity index (χ2v) is 10.1. The average molecular weight is 544 g/mol. The number of aromatic nitrogens is 3. The molecule has 7 nitrogen and oxygen atoms in total. The first kappa shape index (κ1) is 25.4. The van der Waals surface area contributed by atoms with Crippen LogP contribution >= 0.6 is 35.6 Å². The normalized spacial score (nSPS) is 12.3. The van der Waals surface area contributed by atoms with E-state index in [9.17, 15) is 18.0 Å². The van der Waals surface area contributed by atoms with E-state index in [0.717, 1.165) is 23.8 Å². The number of H-pyrrole nitrogens is 1. The second-order valence-electron chi connectivity index (χ2n) is 8.22. The predicted molar refractivity (Wildman–Crippen MR) is 136 cm³/mol. The number of alkyl halides is 3. The Labute approximate surface area is 212 Å². The molecule has 186 valence electrons. The maximum absolute atomic E-state index is 13.6. The highest BCUT2D eigenvalue weighted by molar-refractivity contribution is 7.80. The summed E-state index contributed by atoms with van der Waals surface area (Å²) in [6.45, 7) is 3.69. The van der Waals surface area contributed by atoms with Crippen molar-refractivity contribution in [2.45, 2.75) is 32.0 Å². The molecule has 2 aromatic carbocycles. The molecule has 4 aromatic rings. The Balaban J connectivity index is 1.60. The number of rotatable bonds is 8. The van der Waals surface area contributed by atoms with E-state index in [0.29, 0.717) is 34.2 Å². The quantitative estimate of drug-likeness (QED) is 0.153. The number of hydrogen-bond acceptors (Lipinski definition) is 7. The van der Waals surface area contributed by atoms with Crippen LogP contribution < -0.4 is 15.4 Å². The van der Waals surface area contributed by atoms with Gasteiger partial charge in [-0.1, -0.05) is 22.9 Å². The number of nitrogens with one attached hydrogen (secondary N) is 3. The summed E-state index contributed by atoms with van der Waals surface area (Å²) in [4.78, 5) is 17.2. The van der Waals surface area contributed by atoms with Crippen molar-refractivity contribution in [3.63, 3.8) is 0 Å². The fourth-order valence-corrected chi connectivity index (χ4v) is 4.66. The van der Waals surface area contributed by atoms with Crippen LogP contribution in [0.25, 0.3) is 21.1 Å². The number of nitrogens with zero attached hydrogens (tertiary/aromatic N) is 2. The Morgan fingerprint density at radius 2 is 2.06 bits per heavy atom. The van der Waals surface area contributed by atoms with E-state index < -0.39 is 23.2 Å². The number of carbonyl (C=O) groups excluding carboxylic acids is 1. The fourth-order valence-electron chi connectivity index (χ4n) is 3.37. The third kappa shape index (κ3) is 5.44. The lowest BCUT2D eigenvalue weighted by Crippen LogP contribution is -2.44. The Morgan fingerprint density at radius 3 is 2.77 bits per heavy atom. The first-order valence-electron chi connectivity index (χ1n) is 10.5. The van der Waals surface area contributed by atoms with Crippen LogP contribution in [0.2, 0.25) is 5.02 Å². The Kier molecular flexibility index (Phi) is 7.07. The van der Waals surface area contributed by atoms with Gasteiger partial charge in [0.15, 0.2) is 5.13 Å². The van der Waals surface area contributed by atoms with Crippen LogP contribution in [-0.4, -0.2) is 39.0 Å². The number of anilines is 2. The number of amides is 1. The van der Waals surface area contributed by atoms with E-state index in [1.165, 1.54) is 6.20 Å². The number of fused-ring (bicyclic) bond motifs is 3. The van der Waals surface area contributed by atoms with Crippen LogP contribution in [0.3, 0.4) is 0 Å². The molecule has 35 heavy (non-hydrogen) atoms. The van der Waals surface area contributed by atoms with Crippen LogP contribution in [0.4, 0.5) is 24.0 Å². The summed E-state index contributed by atoms with van der Waals surface area (Å²) in [7, 11) is 0. The molecule has 0 fully saturated rings. The second kappa shape index (κ2) is 9.75. The van der Waals surface area contributed by atoms with Crippen molar-refractivity contribution >= 4 is 73.4 Å². The lowest BCUT2D eigenvalue weighted by Gasteiger charge is -2.27. The van der Waals surface area contributed by atoms with E-state index in [4.69, 9.17) is 16.3 Å². The number of halogens is 4. The summed E-state index contributed by atoms with van der Waals surface area (Å²) in [6, 6.07) is 5.96. The summed E-state index contributed by atoms with van der Waals surface area (Å²) < 4.78 is 47.0. The van der Waals surface area contributed by atoms with Crippen LogP contribution in [0.1, 0.15) is 25.8 Å². The number of aromatic amines is 1. The molecule has 13 heteroatoms. The van der Waals surface area contributed by atoms with E-state index in [2.05, 4.69) is 38.4 Å². The molecule has 1 amide bonds. The van der Waals surface area contributed by atoms with Crippen molar-refractivity contribution < 1.29 is 22.7 Å². The molecule has 0 spiro atoms. The molecule has 4 rings (SSSR count). The third-order valence-electron chi connectivity index (χ3n) is 5.13. The van der Waals surface area contributed by atoms with Gasteiger partial charge in [0, 0.05) is 16.5 Å². The first-order chi connectivity index (χ1) is 16.5. The monoisotopic (exact) mass is 543 g/mol. The van der Waals surface area contributed by atoms with Crippen LogP contribution in [0, 0.1) is 0 Å². The highest BCUT2D eigenvalue weighted by atomic mass is 35.5. The lowest BCUT2D eigenvalue weighted by atomic mass is 10.0. The highest BCUT2D eigenvalue weighted by Gasteiger charge is 2.36. The van der Waals surface area contributed by atoms with Gasteiger partial charge in [-0.05, 0) is 44.2 Å². The van der Waals surface area contributed by atoms with Gasteiger partial charge in [0.2, 0.25) is 0 Å². The van der Waals surface area contributed by atoms with Crippen molar-refractivity contribution in [3.8, 4) is 5.75 Å². The average Bonchev–Trinajstić information content (AvgIpc) is 3.40. The molecule has 0 aliphatic heterocycles. The molecule has 2 aromatic heterocycles. The van der Waals surface area contributed by atoms with E-state index in [-0.39, 0.29) is 20.9 Å². The Hall–Kier alpha value is -2.70. The molecule has 0 bridgehead atoms. The molecule has 0 saturated carbocycles. The molecule has 0 radical (unpaired) electrons. The number of ether oxygens (including phenoxy) is 1. The van der Waals surface area contributed by atoms with Gasteiger partial charge in [-0.2, -0.15) is 30.9 Å². The molecule has 0 aliphatic rings. The maximum Gasteiger partial charge on any atom is 0.418 e. The van der Waals surface area contributed by atoms with Gasteiger partial charge in [0.1, 0.15) is 11.3 Å². The van der Waals surface area contributed by atoms with Gasteiger partial charge in [-0.15, -0.1) is 0 Å². The lowest BCUT2D eigenvalue weighted by molar-refractivity contribution is -0.136. The van der Waals surface area contributed by atoms with E-state index in [1.54, 1.807) is 32.0 Å². The molecule has 0 unspecified atom stereocenters. The van der Waals surface area contributed by atoms with Gasteiger partial charge in [-0.3, -0.25) is 15.2 Å². The summed E-state index contributed by atoms with van der Waals surface area (Å²) in [5.41, 5.74) is -1.54. The predicted octanol–water partition coefficient (Wildman–Crippen LogP) is 6.37. The molecular formula is C22H21ClF3N5O2S2. The molecule has 3 N–H and O–H groups in total. The zero-order valence-electron chi connectivity index (χ0n) is 18.6. The minimum absolute atomic E-state index is 0.0421. The molecule has 2 heterocycles. The number of thiazole rings is 1. The van der Waals surface area contributed by atoms with Crippen molar-refractivity contribution in [1.29, 1.82) is 0 Å². The number of carbonyl (C=O) groups is 1. The summed E-state index contributed by atoms with van der Waals surface area (Å²) in [5, 5.41) is 13.2. The van der Waals surface area contributed by atoms with E-state index in [1.807, 2.05) is 0 Å². The summed E-state index contributed by atoms with van der Waals surface area (Å²) in [5.74, 6) is 0.628. The van der Waals surface area contributed by atoms with E-state index >= 15 is 0 Å². The summed E-state index contributed by atoms with van der Waals surface area (Å²) in [6.07, 6.45) is -2.46. The van der Waals surface area contributed by atoms with Crippen LogP contribution in [0.15, 0.2) is 30.5 Å². The van der Waals surface area contributed by atoms with Crippen molar-refractivity contribution in [2.24, 2.45) is 0 Å². The third-order valence-corrected chi connectivity index (χ3v) is 6.68. The maximum atomic E-state index is 13.6. The van der Waals surface area contributed by atoms with Crippen molar-refractivity contribution in [2.75, 3.05) is 23.0 Å². The van der Waals surface area contributed by atoms with Gasteiger partial charge >= 0.3 is 6.18 Å². The minimum Gasteiger partial charge on any atom is -0.491 e. The number of thiol groups is 1. The highest BCUT2D eigenvalue weighted by Crippen LogP contribution is 2.41. The van der Waals surface area contributed by atoms with Gasteiger partial charge in [-0.25, -0.2) is 4.98 Å². The van der Waals surface area contributed by atoms with Gasteiger partial charge in [0.25, 0.3) is 5.91 Å². The Bertz CT molecular complexity index is 1390. The molecule has 0 atom stereocenters. The zero-order valence-corrected chi connectivity index (χ0v) is 21.1. The SMILES string of the molecule is CC(C)(Nc1ccc(Cl)cc1OCCCS)C(=O)Nc1nc2c(C(F)(F)F)cc3[nH]ncc3c2s1. The number of benzene rings is 2. The standard InChI is InChI=1S/C22H21ClF3N5O2S2/c1-21(2,30-14-5-4-11(23)8-16(14)33-6-3-7-34)19(32)29-20-28-17-13(22(24,25)26)9-15-12(10-27-31-15)18(17)35-20/h4-5,8-10,30,34H,3,6-7H2,1-2H3,(H,27,31)(H,28,29,32). The van der Waals surface area contributed by atoms with Crippen molar-refractivity contribution in [3.05, 3.63) is 41.0 Å². The number of hydrogen-bond donors (Lipinski definition) is 4. The summed E-state index contributed by atoms with van der Waals surface area (Å²) >= 11 is 11.2. The van der Waals surface area contributed by atoms with Gasteiger partial charge < -0.3 is 10.1 Å². The molecular weight excluding hydrogens is 523 g/mol. The van der Waals surface area contributed by atoms with Crippen LogP contribution in [-0.2, 0) is 11.0 Å². The smallest absolute Gasteiger partial charge is 0.418 e.